The third-order valence-electron chi connectivity index (χ3n) is 13.8. The Morgan fingerprint density at radius 3 is 0.814 bits per heavy atom. The van der Waals surface area contributed by atoms with Gasteiger partial charge in [-0.05, 0) is 140 Å². The fourth-order valence-corrected chi connectivity index (χ4v) is 10.7. The lowest BCUT2D eigenvalue weighted by atomic mass is 9.81. The molecule has 286 valence electrons. The Labute approximate surface area is 349 Å². The minimum atomic E-state index is -0.232. The normalized spacial score (nSPS) is 15.4. The first-order valence-electron chi connectivity index (χ1n) is 21.0. The highest BCUT2D eigenvalue weighted by molar-refractivity contribution is 5.91. The van der Waals surface area contributed by atoms with E-state index in [1.807, 2.05) is 0 Å². The second kappa shape index (κ2) is 12.7. The lowest BCUT2D eigenvalue weighted by Crippen LogP contribution is -2.18. The zero-order valence-electron chi connectivity index (χ0n) is 34.7. The first-order chi connectivity index (χ1) is 28.5. The first kappa shape index (κ1) is 35.5. The number of nitrogens with zero attached hydrogens (tertiary/aromatic N) is 2. The van der Waals surface area contributed by atoms with E-state index in [0.717, 1.165) is 22.7 Å². The van der Waals surface area contributed by atoms with E-state index in [4.69, 9.17) is 0 Å². The lowest BCUT2D eigenvalue weighted by molar-refractivity contribution is 0.660. The summed E-state index contributed by atoms with van der Waals surface area (Å²) in [5.41, 5.74) is 22.8. The van der Waals surface area contributed by atoms with Crippen molar-refractivity contribution in [1.82, 2.24) is 0 Å². The van der Waals surface area contributed by atoms with Crippen molar-refractivity contribution in [3.05, 3.63) is 215 Å². The Morgan fingerprint density at radius 1 is 0.237 bits per heavy atom. The molecule has 8 aromatic rings. The minimum Gasteiger partial charge on any atom is -0.310 e. The molecule has 0 saturated heterocycles. The predicted octanol–water partition coefficient (Wildman–Crippen LogP) is 15.5. The quantitative estimate of drug-likeness (QED) is 0.167. The van der Waals surface area contributed by atoms with E-state index in [-0.39, 0.29) is 16.2 Å². The molecule has 11 rings (SSSR count). The standard InChI is InChI=1S/C57H48N2/c1-55(2)49-23-15-13-21-43(49)45-29-25-39(33-51(45)55)58(37-17-9-7-10-18-37)41-27-31-47-48-32-28-42(36-54(48)57(5,6)53(47)35-41)59(38-19-11-8-12-20-38)40-26-30-46-44-22-14-16-24-50(44)56(3,4)52(46)34-40/h7-36H,1-6H3. The van der Waals surface area contributed by atoms with Crippen LogP contribution >= 0.6 is 0 Å². The molecule has 8 aromatic carbocycles. The molecule has 0 amide bonds. The predicted molar refractivity (Wildman–Crippen MR) is 248 cm³/mol. The van der Waals surface area contributed by atoms with Crippen LogP contribution in [0.2, 0.25) is 0 Å². The molecule has 0 saturated carbocycles. The molecule has 3 aliphatic rings. The van der Waals surface area contributed by atoms with Gasteiger partial charge in [0.1, 0.15) is 0 Å². The van der Waals surface area contributed by atoms with Crippen LogP contribution in [0.5, 0.6) is 0 Å². The van der Waals surface area contributed by atoms with Crippen molar-refractivity contribution in [2.24, 2.45) is 0 Å². The average Bonchev–Trinajstić information content (AvgIpc) is 3.74. The van der Waals surface area contributed by atoms with E-state index in [1.165, 1.54) is 78.1 Å². The lowest BCUT2D eigenvalue weighted by Gasteiger charge is -2.30. The van der Waals surface area contributed by atoms with E-state index < -0.39 is 0 Å². The molecule has 2 heteroatoms. The maximum Gasteiger partial charge on any atom is 0.0465 e. The van der Waals surface area contributed by atoms with Gasteiger partial charge in [-0.15, -0.1) is 0 Å². The molecule has 0 N–H and O–H groups in total. The topological polar surface area (TPSA) is 6.48 Å². The molecule has 0 aromatic heterocycles. The van der Waals surface area contributed by atoms with E-state index >= 15 is 0 Å². The zero-order chi connectivity index (χ0) is 40.3. The molecule has 0 atom stereocenters. The van der Waals surface area contributed by atoms with Crippen molar-refractivity contribution < 1.29 is 0 Å². The molecular weight excluding hydrogens is 713 g/mol. The van der Waals surface area contributed by atoms with Crippen LogP contribution in [-0.2, 0) is 16.2 Å². The van der Waals surface area contributed by atoms with Crippen LogP contribution in [0.15, 0.2) is 182 Å². The fraction of sp³-hybridized carbons (Fsp3) is 0.158. The van der Waals surface area contributed by atoms with Gasteiger partial charge in [0.05, 0.1) is 0 Å². The van der Waals surface area contributed by atoms with Crippen molar-refractivity contribution >= 4 is 34.1 Å². The van der Waals surface area contributed by atoms with Gasteiger partial charge in [-0.25, -0.2) is 0 Å². The van der Waals surface area contributed by atoms with Gasteiger partial charge in [-0.3, -0.25) is 0 Å². The minimum absolute atomic E-state index is 0.0851. The summed E-state index contributed by atoms with van der Waals surface area (Å²) in [6.45, 7) is 14.2. The van der Waals surface area contributed by atoms with Crippen LogP contribution in [0, 0.1) is 0 Å². The highest BCUT2D eigenvalue weighted by atomic mass is 15.1. The van der Waals surface area contributed by atoms with E-state index in [2.05, 4.69) is 233 Å². The maximum absolute atomic E-state index is 2.45. The molecule has 0 radical (unpaired) electrons. The number of para-hydroxylation sites is 2. The van der Waals surface area contributed by atoms with Crippen LogP contribution < -0.4 is 9.80 Å². The van der Waals surface area contributed by atoms with Gasteiger partial charge in [-0.2, -0.15) is 0 Å². The Hall–Kier alpha value is -6.64. The summed E-state index contributed by atoms with van der Waals surface area (Å²) in [4.78, 5) is 4.88. The van der Waals surface area contributed by atoms with Gasteiger partial charge in [0, 0.05) is 50.4 Å². The van der Waals surface area contributed by atoms with Gasteiger partial charge in [-0.1, -0.05) is 151 Å². The van der Waals surface area contributed by atoms with Gasteiger partial charge in [0.2, 0.25) is 0 Å². The molecule has 0 unspecified atom stereocenters. The maximum atomic E-state index is 2.45. The first-order valence-corrected chi connectivity index (χ1v) is 21.0. The molecule has 59 heavy (non-hydrogen) atoms. The monoisotopic (exact) mass is 760 g/mol. The van der Waals surface area contributed by atoms with Crippen molar-refractivity contribution in [3.8, 4) is 33.4 Å². The molecule has 2 nitrogen and oxygen atoms in total. The molecular formula is C57H48N2. The van der Waals surface area contributed by atoms with Gasteiger partial charge in [0.25, 0.3) is 0 Å². The largest absolute Gasteiger partial charge is 0.310 e. The zero-order valence-corrected chi connectivity index (χ0v) is 34.7. The summed E-state index contributed by atoms with van der Waals surface area (Å²) in [6.07, 6.45) is 0. The van der Waals surface area contributed by atoms with Gasteiger partial charge in [0.15, 0.2) is 0 Å². The van der Waals surface area contributed by atoms with Crippen molar-refractivity contribution in [2.45, 2.75) is 57.8 Å². The highest BCUT2D eigenvalue weighted by Crippen LogP contribution is 2.55. The van der Waals surface area contributed by atoms with Crippen LogP contribution in [0.1, 0.15) is 74.9 Å². The van der Waals surface area contributed by atoms with Crippen LogP contribution in [0.25, 0.3) is 33.4 Å². The van der Waals surface area contributed by atoms with Crippen LogP contribution in [0.4, 0.5) is 34.1 Å². The summed E-state index contributed by atoms with van der Waals surface area (Å²) in [7, 11) is 0. The molecule has 3 aliphatic carbocycles. The Morgan fingerprint density at radius 2 is 0.492 bits per heavy atom. The summed E-state index contributed by atoms with van der Waals surface area (Å²) >= 11 is 0. The van der Waals surface area contributed by atoms with E-state index in [0.29, 0.717) is 0 Å². The third kappa shape index (κ3) is 5.18. The number of fused-ring (bicyclic) bond motifs is 9. The number of hydrogen-bond acceptors (Lipinski definition) is 2. The SMILES string of the molecule is CC1(C)c2ccccc2-c2ccc(N(c3ccccc3)c3ccc4c(c3)C(C)(C)c3cc(N(c5ccccc5)c5ccc6c(c5)C(C)(C)c5ccccc5-6)ccc3-4)cc21. The van der Waals surface area contributed by atoms with E-state index in [9.17, 15) is 0 Å². The number of anilines is 6. The fourth-order valence-electron chi connectivity index (χ4n) is 10.7. The van der Waals surface area contributed by atoms with Crippen LogP contribution in [0.3, 0.4) is 0 Å². The second-order valence-corrected chi connectivity index (χ2v) is 18.2. The second-order valence-electron chi connectivity index (χ2n) is 18.2. The Kier molecular flexibility index (Phi) is 7.63. The summed E-state index contributed by atoms with van der Waals surface area (Å²) < 4.78 is 0. The van der Waals surface area contributed by atoms with Crippen molar-refractivity contribution in [3.63, 3.8) is 0 Å². The van der Waals surface area contributed by atoms with Crippen molar-refractivity contribution in [1.29, 1.82) is 0 Å². The summed E-state index contributed by atoms with van der Waals surface area (Å²) in [5.74, 6) is 0. The number of hydrogen-bond donors (Lipinski definition) is 0. The third-order valence-corrected chi connectivity index (χ3v) is 13.8. The van der Waals surface area contributed by atoms with Gasteiger partial charge >= 0.3 is 0 Å². The van der Waals surface area contributed by atoms with E-state index in [1.54, 1.807) is 0 Å². The highest BCUT2D eigenvalue weighted by Gasteiger charge is 2.39. The number of benzene rings is 8. The number of rotatable bonds is 6. The average molecular weight is 761 g/mol. The molecule has 0 heterocycles. The Bertz CT molecular complexity index is 2770. The van der Waals surface area contributed by atoms with Gasteiger partial charge < -0.3 is 9.80 Å². The van der Waals surface area contributed by atoms with Crippen molar-refractivity contribution in [2.75, 3.05) is 9.80 Å². The molecule has 0 bridgehead atoms. The molecule has 0 spiro atoms. The molecule has 0 fully saturated rings. The summed E-state index contributed by atoms with van der Waals surface area (Å²) in [5, 5.41) is 0. The smallest absolute Gasteiger partial charge is 0.0465 e. The Balaban J connectivity index is 1.01. The molecule has 0 aliphatic heterocycles. The summed E-state index contributed by atoms with van der Waals surface area (Å²) in [6, 6.07) is 67.9. The van der Waals surface area contributed by atoms with Crippen LogP contribution in [-0.4, -0.2) is 0 Å².